The van der Waals surface area contributed by atoms with Gasteiger partial charge in [0.15, 0.2) is 4.77 Å². The molecule has 1 aromatic rings. The van der Waals surface area contributed by atoms with Crippen LogP contribution >= 0.6 is 12.2 Å². The minimum Gasteiger partial charge on any atom is -0.368 e. The maximum Gasteiger partial charge on any atom is 0.220 e. The Morgan fingerprint density at radius 2 is 2.09 bits per heavy atom. The standard InChI is InChI=1S/C6H12N4S/c1-6(2,3)10-4(7)8-9-5(10)11/h1-3H3,(H2,7,8)(H,9,11). The number of anilines is 1. The van der Waals surface area contributed by atoms with Gasteiger partial charge in [-0.25, -0.2) is 5.10 Å². The third-order valence-electron chi connectivity index (χ3n) is 1.37. The lowest BCUT2D eigenvalue weighted by molar-refractivity contribution is 0.397. The largest absolute Gasteiger partial charge is 0.368 e. The Balaban J connectivity index is 3.33. The molecule has 0 radical (unpaired) electrons. The van der Waals surface area contributed by atoms with Crippen LogP contribution in [0.3, 0.4) is 0 Å². The van der Waals surface area contributed by atoms with Crippen molar-refractivity contribution < 1.29 is 0 Å². The van der Waals surface area contributed by atoms with Crippen LogP contribution < -0.4 is 5.73 Å². The summed E-state index contributed by atoms with van der Waals surface area (Å²) >= 11 is 4.99. The molecule has 0 unspecified atom stereocenters. The van der Waals surface area contributed by atoms with Gasteiger partial charge in [-0.15, -0.1) is 5.10 Å². The van der Waals surface area contributed by atoms with Crippen LogP contribution in [0.4, 0.5) is 5.95 Å². The van der Waals surface area contributed by atoms with Crippen molar-refractivity contribution in [3.63, 3.8) is 0 Å². The van der Waals surface area contributed by atoms with Crippen LogP contribution in [0.1, 0.15) is 20.8 Å². The molecule has 0 fully saturated rings. The van der Waals surface area contributed by atoms with Crippen LogP contribution in [0.15, 0.2) is 0 Å². The highest BCUT2D eigenvalue weighted by Gasteiger charge is 2.16. The SMILES string of the molecule is CC(C)(C)n1c(N)n[nH]c1=S. The second-order valence-corrected chi connectivity index (χ2v) is 3.78. The van der Waals surface area contributed by atoms with Gasteiger partial charge in [-0.2, -0.15) is 0 Å². The number of H-pyrrole nitrogens is 1. The molecule has 4 nitrogen and oxygen atoms in total. The Labute approximate surface area is 70.4 Å². The first kappa shape index (κ1) is 8.26. The summed E-state index contributed by atoms with van der Waals surface area (Å²) in [4.78, 5) is 0. The van der Waals surface area contributed by atoms with Crippen molar-refractivity contribution in [3.05, 3.63) is 4.77 Å². The van der Waals surface area contributed by atoms with Gasteiger partial charge in [0, 0.05) is 5.54 Å². The molecule has 0 atom stereocenters. The third-order valence-corrected chi connectivity index (χ3v) is 1.64. The second-order valence-electron chi connectivity index (χ2n) is 3.39. The fraction of sp³-hybridized carbons (Fsp3) is 0.667. The first-order valence-electron chi connectivity index (χ1n) is 3.36. The molecule has 11 heavy (non-hydrogen) atoms. The first-order valence-corrected chi connectivity index (χ1v) is 3.77. The molecule has 1 rings (SSSR count). The Morgan fingerprint density at radius 3 is 2.27 bits per heavy atom. The predicted octanol–water partition coefficient (Wildman–Crippen LogP) is 1.28. The van der Waals surface area contributed by atoms with E-state index in [1.807, 2.05) is 20.8 Å². The minimum atomic E-state index is -0.103. The lowest BCUT2D eigenvalue weighted by atomic mass is 10.1. The molecular formula is C6H12N4S. The molecule has 3 N–H and O–H groups in total. The molecule has 62 valence electrons. The van der Waals surface area contributed by atoms with E-state index in [0.717, 1.165) is 0 Å². The third kappa shape index (κ3) is 1.42. The maximum atomic E-state index is 5.58. The van der Waals surface area contributed by atoms with Gasteiger partial charge in [0.05, 0.1) is 0 Å². The van der Waals surface area contributed by atoms with E-state index < -0.39 is 0 Å². The summed E-state index contributed by atoms with van der Waals surface area (Å²) in [6.07, 6.45) is 0. The summed E-state index contributed by atoms with van der Waals surface area (Å²) in [5.41, 5.74) is 5.48. The average Bonchev–Trinajstić information content (AvgIpc) is 2.08. The monoisotopic (exact) mass is 172 g/mol. The average molecular weight is 172 g/mol. The number of nitrogen functional groups attached to an aromatic ring is 1. The fourth-order valence-corrected chi connectivity index (χ4v) is 1.37. The van der Waals surface area contributed by atoms with E-state index >= 15 is 0 Å². The van der Waals surface area contributed by atoms with Crippen molar-refractivity contribution in [1.82, 2.24) is 14.8 Å². The summed E-state index contributed by atoms with van der Waals surface area (Å²) in [6, 6.07) is 0. The van der Waals surface area contributed by atoms with Crippen molar-refractivity contribution in [2.24, 2.45) is 0 Å². The highest BCUT2D eigenvalue weighted by Crippen LogP contribution is 2.16. The Kier molecular flexibility index (Phi) is 1.75. The van der Waals surface area contributed by atoms with E-state index in [1.165, 1.54) is 0 Å². The lowest BCUT2D eigenvalue weighted by Gasteiger charge is -2.20. The number of hydrogen-bond acceptors (Lipinski definition) is 3. The van der Waals surface area contributed by atoms with Crippen LogP contribution in [0.5, 0.6) is 0 Å². The number of aromatic amines is 1. The quantitative estimate of drug-likeness (QED) is 0.579. The van der Waals surface area contributed by atoms with Crippen molar-refractivity contribution in [2.75, 3.05) is 5.73 Å². The zero-order chi connectivity index (χ0) is 8.65. The molecule has 0 saturated carbocycles. The van der Waals surface area contributed by atoms with Crippen molar-refractivity contribution in [2.45, 2.75) is 26.3 Å². The smallest absolute Gasteiger partial charge is 0.220 e. The molecule has 0 spiro atoms. The minimum absolute atomic E-state index is 0.103. The molecule has 0 bridgehead atoms. The molecule has 1 aromatic heterocycles. The van der Waals surface area contributed by atoms with Gasteiger partial charge < -0.3 is 5.73 Å². The summed E-state index contributed by atoms with van der Waals surface area (Å²) in [7, 11) is 0. The van der Waals surface area contributed by atoms with Gasteiger partial charge in [0.1, 0.15) is 0 Å². The molecule has 0 aliphatic heterocycles. The van der Waals surface area contributed by atoms with Crippen LogP contribution in [0.2, 0.25) is 0 Å². The molecule has 0 amide bonds. The topological polar surface area (TPSA) is 59.6 Å². The number of rotatable bonds is 0. The van der Waals surface area contributed by atoms with E-state index in [-0.39, 0.29) is 5.54 Å². The highest BCUT2D eigenvalue weighted by molar-refractivity contribution is 7.71. The molecule has 0 aliphatic rings. The predicted molar refractivity (Wildman–Crippen MR) is 46.8 cm³/mol. The Morgan fingerprint density at radius 1 is 1.55 bits per heavy atom. The number of nitrogens with two attached hydrogens (primary N) is 1. The van der Waals surface area contributed by atoms with E-state index in [2.05, 4.69) is 10.2 Å². The van der Waals surface area contributed by atoms with Crippen LogP contribution in [-0.4, -0.2) is 14.8 Å². The van der Waals surface area contributed by atoms with E-state index in [4.69, 9.17) is 18.0 Å². The zero-order valence-corrected chi connectivity index (χ0v) is 7.70. The molecule has 0 aromatic carbocycles. The van der Waals surface area contributed by atoms with Crippen LogP contribution in [-0.2, 0) is 5.54 Å². The molecule has 1 heterocycles. The molecular weight excluding hydrogens is 160 g/mol. The normalized spacial score (nSPS) is 11.9. The zero-order valence-electron chi connectivity index (χ0n) is 6.88. The van der Waals surface area contributed by atoms with Gasteiger partial charge in [-0.3, -0.25) is 4.57 Å². The van der Waals surface area contributed by atoms with Gasteiger partial charge in [0.2, 0.25) is 5.95 Å². The summed E-state index contributed by atoms with van der Waals surface area (Å²) in [5.74, 6) is 0.433. The van der Waals surface area contributed by atoms with Gasteiger partial charge in [0.25, 0.3) is 0 Å². The van der Waals surface area contributed by atoms with Crippen molar-refractivity contribution >= 4 is 18.2 Å². The molecule has 0 aliphatic carbocycles. The van der Waals surface area contributed by atoms with Crippen LogP contribution in [0.25, 0.3) is 0 Å². The maximum absolute atomic E-state index is 5.58. The summed E-state index contributed by atoms with van der Waals surface area (Å²) in [6.45, 7) is 6.07. The van der Waals surface area contributed by atoms with E-state index in [0.29, 0.717) is 10.7 Å². The number of aromatic nitrogens is 3. The summed E-state index contributed by atoms with van der Waals surface area (Å²) < 4.78 is 2.34. The van der Waals surface area contributed by atoms with Crippen molar-refractivity contribution in [3.8, 4) is 0 Å². The van der Waals surface area contributed by atoms with Gasteiger partial charge in [-0.05, 0) is 33.0 Å². The number of nitrogens with zero attached hydrogens (tertiary/aromatic N) is 2. The Hall–Kier alpha value is -0.840. The number of nitrogens with one attached hydrogen (secondary N) is 1. The van der Waals surface area contributed by atoms with E-state index in [9.17, 15) is 0 Å². The highest BCUT2D eigenvalue weighted by atomic mass is 32.1. The van der Waals surface area contributed by atoms with Crippen molar-refractivity contribution in [1.29, 1.82) is 0 Å². The Bertz CT molecular complexity index is 303. The lowest BCUT2D eigenvalue weighted by Crippen LogP contribution is -2.23. The van der Waals surface area contributed by atoms with Gasteiger partial charge >= 0.3 is 0 Å². The fourth-order valence-electron chi connectivity index (χ4n) is 0.957. The van der Waals surface area contributed by atoms with Gasteiger partial charge in [-0.1, -0.05) is 0 Å². The second kappa shape index (κ2) is 2.34. The van der Waals surface area contributed by atoms with Crippen LogP contribution in [0, 0.1) is 4.77 Å². The summed E-state index contributed by atoms with van der Waals surface area (Å²) in [5, 5.41) is 6.44. The first-order chi connectivity index (χ1) is 4.93. The number of hydrogen-bond donors (Lipinski definition) is 2. The molecule has 5 heteroatoms. The molecule has 0 saturated heterocycles. The van der Waals surface area contributed by atoms with E-state index in [1.54, 1.807) is 4.57 Å².